The first-order chi connectivity index (χ1) is 9.01. The Morgan fingerprint density at radius 3 is 2.37 bits per heavy atom. The Morgan fingerprint density at radius 1 is 1.32 bits per heavy atom. The van der Waals surface area contributed by atoms with Crippen molar-refractivity contribution < 1.29 is 24.3 Å². The number of benzene rings is 1. The molecule has 0 saturated carbocycles. The predicted molar refractivity (Wildman–Crippen MR) is 66.2 cm³/mol. The molecule has 0 aliphatic rings. The molecule has 1 aromatic carbocycles. The number of carbonyl (C=O) groups is 1. The van der Waals surface area contributed by atoms with Gasteiger partial charge in [-0.25, -0.2) is 4.79 Å². The third-order valence-electron chi connectivity index (χ3n) is 2.33. The van der Waals surface area contributed by atoms with Crippen molar-refractivity contribution in [3.8, 4) is 11.5 Å². The number of hydrogen-bond acceptors (Lipinski definition) is 5. The van der Waals surface area contributed by atoms with Crippen LogP contribution in [-0.4, -0.2) is 29.2 Å². The van der Waals surface area contributed by atoms with E-state index < -0.39 is 16.9 Å². The summed E-state index contributed by atoms with van der Waals surface area (Å²) in [7, 11) is 0. The van der Waals surface area contributed by atoms with Crippen LogP contribution in [0.25, 0.3) is 0 Å². The van der Waals surface area contributed by atoms with Crippen LogP contribution in [0, 0.1) is 10.1 Å². The van der Waals surface area contributed by atoms with E-state index in [1.54, 1.807) is 13.8 Å². The number of carboxylic acid groups (broad SMARTS) is 1. The Bertz CT molecular complexity index is 459. The van der Waals surface area contributed by atoms with E-state index in [0.29, 0.717) is 24.7 Å². The van der Waals surface area contributed by atoms with E-state index in [4.69, 9.17) is 14.6 Å². The molecule has 0 bridgehead atoms. The quantitative estimate of drug-likeness (QED) is 0.599. The van der Waals surface area contributed by atoms with Crippen molar-refractivity contribution in [1.82, 2.24) is 0 Å². The van der Waals surface area contributed by atoms with Gasteiger partial charge in [0.15, 0.2) is 11.5 Å². The van der Waals surface area contributed by atoms with Gasteiger partial charge in [-0.3, -0.25) is 10.1 Å². The molecule has 0 spiro atoms. The minimum absolute atomic E-state index is 0.0457. The normalized spacial score (nSPS) is 11.7. The number of aliphatic carboxylic acids is 1. The summed E-state index contributed by atoms with van der Waals surface area (Å²) in [4.78, 5) is 20.8. The number of nitro groups is 1. The second kappa shape index (κ2) is 6.58. The maximum absolute atomic E-state index is 10.9. The molecule has 0 radical (unpaired) electrons. The highest BCUT2D eigenvalue weighted by Crippen LogP contribution is 2.31. The fourth-order valence-corrected chi connectivity index (χ4v) is 1.59. The number of nitrogens with zero attached hydrogens (tertiary/aromatic N) is 1. The lowest BCUT2D eigenvalue weighted by molar-refractivity contribution is -0.516. The average molecular weight is 269 g/mol. The minimum atomic E-state index is -1.81. The molecular formula is C12H15NO6. The van der Waals surface area contributed by atoms with Crippen molar-refractivity contribution >= 4 is 5.97 Å². The van der Waals surface area contributed by atoms with Gasteiger partial charge in [-0.15, -0.1) is 0 Å². The van der Waals surface area contributed by atoms with E-state index in [2.05, 4.69) is 0 Å². The Morgan fingerprint density at radius 2 is 1.89 bits per heavy atom. The molecule has 104 valence electrons. The summed E-state index contributed by atoms with van der Waals surface area (Å²) in [6, 6.07) is 2.35. The van der Waals surface area contributed by atoms with Crippen LogP contribution in [0.3, 0.4) is 0 Å². The standard InChI is InChI=1S/C12H15NO6/c1-3-18-9-6-5-8(7-10(9)19-4-2)11(12(14)15)13(16)17/h5-7,11H,3-4H2,1-2H3,(H,14,15). The summed E-state index contributed by atoms with van der Waals surface area (Å²) in [6.45, 7) is 4.31. The summed E-state index contributed by atoms with van der Waals surface area (Å²) in [5.41, 5.74) is 0.0457. The van der Waals surface area contributed by atoms with Crippen LogP contribution >= 0.6 is 0 Å². The van der Waals surface area contributed by atoms with Gasteiger partial charge in [0, 0.05) is 10.5 Å². The van der Waals surface area contributed by atoms with Crippen LogP contribution in [-0.2, 0) is 4.79 Å². The van der Waals surface area contributed by atoms with Crippen molar-refractivity contribution in [2.75, 3.05) is 13.2 Å². The Balaban J connectivity index is 3.19. The van der Waals surface area contributed by atoms with Crippen molar-refractivity contribution in [2.45, 2.75) is 19.9 Å². The van der Waals surface area contributed by atoms with E-state index >= 15 is 0 Å². The first-order valence-electron chi connectivity index (χ1n) is 5.77. The zero-order valence-corrected chi connectivity index (χ0v) is 10.7. The third-order valence-corrected chi connectivity index (χ3v) is 2.33. The smallest absolute Gasteiger partial charge is 0.384 e. The van der Waals surface area contributed by atoms with E-state index in [0.717, 1.165) is 0 Å². The van der Waals surface area contributed by atoms with Crippen LogP contribution in [0.5, 0.6) is 11.5 Å². The topological polar surface area (TPSA) is 98.9 Å². The summed E-state index contributed by atoms with van der Waals surface area (Å²) in [6.07, 6.45) is 0. The fraction of sp³-hybridized carbons (Fsp3) is 0.417. The van der Waals surface area contributed by atoms with E-state index in [1.165, 1.54) is 18.2 Å². The number of hydrogen-bond donors (Lipinski definition) is 1. The zero-order valence-electron chi connectivity index (χ0n) is 10.7. The molecule has 7 heteroatoms. The van der Waals surface area contributed by atoms with Gasteiger partial charge in [0.05, 0.1) is 13.2 Å². The molecule has 0 aliphatic heterocycles. The maximum Gasteiger partial charge on any atom is 0.384 e. The molecule has 0 aromatic heterocycles. The Kier molecular flexibility index (Phi) is 5.11. The van der Waals surface area contributed by atoms with E-state index in [9.17, 15) is 14.9 Å². The lowest BCUT2D eigenvalue weighted by Crippen LogP contribution is -2.20. The summed E-state index contributed by atoms with van der Waals surface area (Å²) >= 11 is 0. The average Bonchev–Trinajstić information content (AvgIpc) is 2.32. The third kappa shape index (κ3) is 3.57. The molecule has 0 fully saturated rings. The van der Waals surface area contributed by atoms with Crippen LogP contribution in [0.1, 0.15) is 25.5 Å². The SMILES string of the molecule is CCOc1ccc(C(C(=O)O)[N+](=O)[O-])cc1OCC. The van der Waals surface area contributed by atoms with Crippen LogP contribution in [0.4, 0.5) is 0 Å². The molecule has 7 nitrogen and oxygen atoms in total. The van der Waals surface area contributed by atoms with Crippen molar-refractivity contribution in [3.05, 3.63) is 33.9 Å². The van der Waals surface area contributed by atoms with Crippen molar-refractivity contribution in [2.24, 2.45) is 0 Å². The van der Waals surface area contributed by atoms with Crippen molar-refractivity contribution in [1.29, 1.82) is 0 Å². The largest absolute Gasteiger partial charge is 0.490 e. The number of ether oxygens (including phenoxy) is 2. The van der Waals surface area contributed by atoms with Gasteiger partial charge in [0.25, 0.3) is 0 Å². The lowest BCUT2D eigenvalue weighted by Gasteiger charge is -2.13. The minimum Gasteiger partial charge on any atom is -0.490 e. The lowest BCUT2D eigenvalue weighted by atomic mass is 10.1. The molecule has 1 atom stereocenters. The predicted octanol–water partition coefficient (Wildman–Crippen LogP) is 1.89. The second-order valence-electron chi connectivity index (χ2n) is 3.60. The van der Waals surface area contributed by atoms with Gasteiger partial charge in [0.2, 0.25) is 0 Å². The molecule has 1 unspecified atom stereocenters. The van der Waals surface area contributed by atoms with E-state index in [-0.39, 0.29) is 5.56 Å². The molecule has 0 amide bonds. The van der Waals surface area contributed by atoms with Gasteiger partial charge in [-0.05, 0) is 32.0 Å². The van der Waals surface area contributed by atoms with Gasteiger partial charge in [0.1, 0.15) is 0 Å². The molecule has 19 heavy (non-hydrogen) atoms. The van der Waals surface area contributed by atoms with Gasteiger partial charge in [-0.2, -0.15) is 0 Å². The highest BCUT2D eigenvalue weighted by molar-refractivity contribution is 5.74. The number of rotatable bonds is 7. The van der Waals surface area contributed by atoms with Gasteiger partial charge in [-0.1, -0.05) is 0 Å². The Hall–Kier alpha value is -2.31. The van der Waals surface area contributed by atoms with Crippen LogP contribution in [0.2, 0.25) is 0 Å². The molecule has 0 heterocycles. The highest BCUT2D eigenvalue weighted by atomic mass is 16.6. The maximum atomic E-state index is 10.9. The molecule has 0 saturated heterocycles. The molecule has 0 aliphatic carbocycles. The Labute approximate surface area is 109 Å². The molecule has 1 N–H and O–H groups in total. The van der Waals surface area contributed by atoms with Crippen molar-refractivity contribution in [3.63, 3.8) is 0 Å². The zero-order chi connectivity index (χ0) is 14.4. The molecule has 1 aromatic rings. The first-order valence-corrected chi connectivity index (χ1v) is 5.77. The summed E-state index contributed by atoms with van der Waals surface area (Å²) in [5, 5.41) is 19.7. The summed E-state index contributed by atoms with van der Waals surface area (Å²) < 4.78 is 10.6. The molecular weight excluding hydrogens is 254 g/mol. The monoisotopic (exact) mass is 269 g/mol. The number of carboxylic acids is 1. The fourth-order valence-electron chi connectivity index (χ4n) is 1.59. The van der Waals surface area contributed by atoms with Gasteiger partial charge >= 0.3 is 12.0 Å². The molecule has 1 rings (SSSR count). The van der Waals surface area contributed by atoms with Gasteiger partial charge < -0.3 is 14.6 Å². The summed E-state index contributed by atoms with van der Waals surface area (Å²) in [5.74, 6) is -0.785. The van der Waals surface area contributed by atoms with E-state index in [1.807, 2.05) is 0 Å². The van der Waals surface area contributed by atoms with Crippen LogP contribution < -0.4 is 9.47 Å². The first kappa shape index (κ1) is 14.7. The second-order valence-corrected chi connectivity index (χ2v) is 3.60. The van der Waals surface area contributed by atoms with Crippen LogP contribution in [0.15, 0.2) is 18.2 Å². The highest BCUT2D eigenvalue weighted by Gasteiger charge is 2.32.